The van der Waals surface area contributed by atoms with Crippen LogP contribution in [0, 0.1) is 5.92 Å². The summed E-state index contributed by atoms with van der Waals surface area (Å²) < 4.78 is 0. The van der Waals surface area contributed by atoms with Crippen LogP contribution in [0.5, 0.6) is 0 Å². The lowest BCUT2D eigenvalue weighted by atomic mass is 9.93. The third-order valence-corrected chi connectivity index (χ3v) is 4.61. The Balaban J connectivity index is 1.61. The molecule has 0 unspecified atom stereocenters. The molecular weight excluding hydrogens is 280 g/mol. The molecule has 22 heavy (non-hydrogen) atoms. The van der Waals surface area contributed by atoms with E-state index in [0.717, 1.165) is 37.9 Å². The fraction of sp³-hybridized carbons (Fsp3) is 0.562. The van der Waals surface area contributed by atoms with Crippen molar-refractivity contribution in [1.82, 2.24) is 15.1 Å². The summed E-state index contributed by atoms with van der Waals surface area (Å²) in [4.78, 5) is 25.5. The maximum Gasteiger partial charge on any atom is 0.269 e. The number of H-pyrrole nitrogens is 1. The molecule has 1 fully saturated rings. The van der Waals surface area contributed by atoms with E-state index in [-0.39, 0.29) is 17.5 Å². The van der Waals surface area contributed by atoms with Crippen LogP contribution in [0.3, 0.4) is 0 Å². The van der Waals surface area contributed by atoms with Crippen LogP contribution in [0.1, 0.15) is 54.2 Å². The molecule has 1 aliphatic heterocycles. The maximum atomic E-state index is 12.4. The third kappa shape index (κ3) is 3.21. The van der Waals surface area contributed by atoms with Crippen LogP contribution >= 0.6 is 0 Å². The molecule has 1 saturated heterocycles. The zero-order chi connectivity index (χ0) is 15.5. The molecule has 2 aliphatic rings. The first kappa shape index (κ1) is 14.8. The highest BCUT2D eigenvalue weighted by molar-refractivity contribution is 5.90. The van der Waals surface area contributed by atoms with Crippen LogP contribution < -0.4 is 5.73 Å². The molecule has 2 atom stereocenters. The highest BCUT2D eigenvalue weighted by atomic mass is 16.2. The molecule has 1 aliphatic carbocycles. The number of rotatable bonds is 4. The molecule has 6 nitrogen and oxygen atoms in total. The predicted molar refractivity (Wildman–Crippen MR) is 82.1 cm³/mol. The van der Waals surface area contributed by atoms with Gasteiger partial charge >= 0.3 is 0 Å². The number of hydrogen-bond acceptors (Lipinski definition) is 3. The summed E-state index contributed by atoms with van der Waals surface area (Å²) in [5.74, 6) is 0.314. The first-order chi connectivity index (χ1) is 10.6. The van der Waals surface area contributed by atoms with Gasteiger partial charge in [0.1, 0.15) is 5.69 Å². The quantitative estimate of drug-likeness (QED) is 0.827. The molecule has 2 amide bonds. The van der Waals surface area contributed by atoms with Crippen LogP contribution in [0.4, 0.5) is 0 Å². The Hall–Kier alpha value is -2.11. The standard InChI is InChI=1S/C16H22N4O2/c17-16(22)14-9-13(18-19-14)12-6-3-7-20(10-12)15(21)8-11-4-1-2-5-11/h1,4,9,11-12H,2-3,5-8,10H2,(H2,17,22)(H,18,19)/t11-,12-/m0/s1. The smallest absolute Gasteiger partial charge is 0.269 e. The minimum Gasteiger partial charge on any atom is -0.364 e. The fourth-order valence-corrected chi connectivity index (χ4v) is 3.35. The Labute approximate surface area is 129 Å². The number of aromatic nitrogens is 2. The largest absolute Gasteiger partial charge is 0.364 e. The molecular formula is C16H22N4O2. The van der Waals surface area contributed by atoms with Crippen LogP contribution in [0.25, 0.3) is 0 Å². The number of allylic oxidation sites excluding steroid dienone is 2. The number of nitrogens with two attached hydrogens (primary N) is 1. The molecule has 3 N–H and O–H groups in total. The van der Waals surface area contributed by atoms with E-state index in [1.54, 1.807) is 6.07 Å². The summed E-state index contributed by atoms with van der Waals surface area (Å²) in [7, 11) is 0. The molecule has 3 rings (SSSR count). The lowest BCUT2D eigenvalue weighted by Crippen LogP contribution is -2.39. The summed E-state index contributed by atoms with van der Waals surface area (Å²) in [6, 6.07) is 1.71. The van der Waals surface area contributed by atoms with Crippen LogP contribution in [-0.2, 0) is 4.79 Å². The number of amides is 2. The monoisotopic (exact) mass is 302 g/mol. The number of primary amides is 1. The number of nitrogens with zero attached hydrogens (tertiary/aromatic N) is 2. The lowest BCUT2D eigenvalue weighted by molar-refractivity contribution is -0.133. The van der Waals surface area contributed by atoms with Gasteiger partial charge in [-0.15, -0.1) is 0 Å². The van der Waals surface area contributed by atoms with Crippen LogP contribution in [0.15, 0.2) is 18.2 Å². The number of nitrogens with one attached hydrogen (secondary N) is 1. The summed E-state index contributed by atoms with van der Waals surface area (Å²) in [5.41, 5.74) is 6.39. The van der Waals surface area contributed by atoms with Crippen LogP contribution in [0.2, 0.25) is 0 Å². The van der Waals surface area contributed by atoms with Crippen molar-refractivity contribution in [2.45, 2.75) is 38.0 Å². The van der Waals surface area contributed by atoms with Gasteiger partial charge in [-0.25, -0.2) is 0 Å². The van der Waals surface area contributed by atoms with Crippen molar-refractivity contribution < 1.29 is 9.59 Å². The van der Waals surface area contributed by atoms with Crippen molar-refractivity contribution in [3.63, 3.8) is 0 Å². The number of likely N-dealkylation sites (tertiary alicyclic amines) is 1. The minimum absolute atomic E-state index is 0.206. The normalized spacial score (nSPS) is 24.6. The Morgan fingerprint density at radius 1 is 1.41 bits per heavy atom. The van der Waals surface area contributed by atoms with Gasteiger partial charge in [-0.05, 0) is 37.7 Å². The van der Waals surface area contributed by atoms with Gasteiger partial charge in [-0.2, -0.15) is 5.10 Å². The Kier molecular flexibility index (Phi) is 4.27. The second-order valence-corrected chi connectivity index (χ2v) is 6.22. The van der Waals surface area contributed by atoms with E-state index in [4.69, 9.17) is 5.73 Å². The molecule has 1 aromatic rings. The van der Waals surface area contributed by atoms with Gasteiger partial charge in [0.15, 0.2) is 0 Å². The maximum absolute atomic E-state index is 12.4. The molecule has 0 spiro atoms. The van der Waals surface area contributed by atoms with Crippen molar-refractivity contribution in [1.29, 1.82) is 0 Å². The molecule has 6 heteroatoms. The van der Waals surface area contributed by atoms with Gasteiger partial charge in [0, 0.05) is 31.1 Å². The summed E-state index contributed by atoms with van der Waals surface area (Å²) in [6.45, 7) is 1.51. The van der Waals surface area contributed by atoms with E-state index >= 15 is 0 Å². The molecule has 0 bridgehead atoms. The minimum atomic E-state index is -0.528. The fourth-order valence-electron chi connectivity index (χ4n) is 3.35. The lowest BCUT2D eigenvalue weighted by Gasteiger charge is -2.32. The number of carbonyl (C=O) groups excluding carboxylic acids is 2. The van der Waals surface area contributed by atoms with Gasteiger partial charge in [0.05, 0.1) is 0 Å². The van der Waals surface area contributed by atoms with E-state index in [2.05, 4.69) is 22.3 Å². The first-order valence-electron chi connectivity index (χ1n) is 7.93. The topological polar surface area (TPSA) is 92.1 Å². The summed E-state index contributed by atoms with van der Waals surface area (Å²) in [5, 5.41) is 6.82. The SMILES string of the molecule is NC(=O)c1cc([C@H]2CCCN(C(=O)C[C@H]3C=CCC3)C2)[nH]n1. The van der Waals surface area contributed by atoms with Gasteiger partial charge < -0.3 is 10.6 Å². The van der Waals surface area contributed by atoms with Crippen molar-refractivity contribution >= 4 is 11.8 Å². The number of piperidine rings is 1. The molecule has 2 heterocycles. The zero-order valence-electron chi connectivity index (χ0n) is 12.6. The van der Waals surface area contributed by atoms with Crippen molar-refractivity contribution in [3.05, 3.63) is 29.6 Å². The van der Waals surface area contributed by atoms with Gasteiger partial charge in [0.2, 0.25) is 5.91 Å². The molecule has 0 saturated carbocycles. The molecule has 118 valence electrons. The van der Waals surface area contributed by atoms with E-state index in [9.17, 15) is 9.59 Å². The second-order valence-electron chi connectivity index (χ2n) is 6.22. The first-order valence-corrected chi connectivity index (χ1v) is 7.93. The predicted octanol–water partition coefficient (Wildman–Crippen LogP) is 1.57. The van der Waals surface area contributed by atoms with E-state index in [1.165, 1.54) is 0 Å². The number of aromatic amines is 1. The van der Waals surface area contributed by atoms with E-state index in [1.807, 2.05) is 4.90 Å². The van der Waals surface area contributed by atoms with E-state index < -0.39 is 5.91 Å². The Morgan fingerprint density at radius 2 is 2.27 bits per heavy atom. The van der Waals surface area contributed by atoms with Gasteiger partial charge in [-0.1, -0.05) is 12.2 Å². The Morgan fingerprint density at radius 3 is 2.95 bits per heavy atom. The number of carbonyl (C=O) groups is 2. The van der Waals surface area contributed by atoms with E-state index in [0.29, 0.717) is 18.9 Å². The van der Waals surface area contributed by atoms with Crippen molar-refractivity contribution in [2.24, 2.45) is 11.7 Å². The average Bonchev–Trinajstić information content (AvgIpc) is 3.18. The van der Waals surface area contributed by atoms with Gasteiger partial charge in [0.25, 0.3) is 5.91 Å². The number of hydrogen-bond donors (Lipinski definition) is 2. The second kappa shape index (κ2) is 6.34. The summed E-state index contributed by atoms with van der Waals surface area (Å²) in [6.07, 6.45) is 9.07. The van der Waals surface area contributed by atoms with Crippen LogP contribution in [-0.4, -0.2) is 40.0 Å². The molecule has 0 radical (unpaired) electrons. The van der Waals surface area contributed by atoms with Gasteiger partial charge in [-0.3, -0.25) is 14.7 Å². The molecule has 1 aromatic heterocycles. The highest BCUT2D eigenvalue weighted by Crippen LogP contribution is 2.28. The third-order valence-electron chi connectivity index (χ3n) is 4.61. The summed E-state index contributed by atoms with van der Waals surface area (Å²) >= 11 is 0. The zero-order valence-corrected chi connectivity index (χ0v) is 12.6. The average molecular weight is 302 g/mol. The Bertz CT molecular complexity index is 593. The van der Waals surface area contributed by atoms with Crippen molar-refractivity contribution in [2.75, 3.05) is 13.1 Å². The highest BCUT2D eigenvalue weighted by Gasteiger charge is 2.27. The molecule has 0 aromatic carbocycles. The van der Waals surface area contributed by atoms with Crippen molar-refractivity contribution in [3.8, 4) is 0 Å².